The summed E-state index contributed by atoms with van der Waals surface area (Å²) in [6.07, 6.45) is -0.480. The molecule has 0 bridgehead atoms. The fraction of sp³-hybridized carbons (Fsp3) is 0.500. The number of nitrogens with one attached hydrogen (secondary N) is 1. The van der Waals surface area contributed by atoms with Crippen LogP contribution in [0.2, 0.25) is 0 Å². The number of carbonyl (C=O) groups is 2. The lowest BCUT2D eigenvalue weighted by molar-refractivity contribution is -0.144. The van der Waals surface area contributed by atoms with Gasteiger partial charge in [0.15, 0.2) is 0 Å². The Morgan fingerprint density at radius 3 is 2.25 bits per heavy atom. The Labute approximate surface area is 71.6 Å². The molecule has 68 valence electrons. The molecule has 0 heterocycles. The zero-order chi connectivity index (χ0) is 9.72. The Hall–Kier alpha value is -1.32. The van der Waals surface area contributed by atoms with Crippen LogP contribution in [0, 0.1) is 0 Å². The van der Waals surface area contributed by atoms with Gasteiger partial charge in [-0.1, -0.05) is 6.58 Å². The summed E-state index contributed by atoms with van der Waals surface area (Å²) in [7, 11) is 0. The highest BCUT2D eigenvalue weighted by molar-refractivity contribution is 5.75. The second-order valence-electron chi connectivity index (χ2n) is 2.46. The van der Waals surface area contributed by atoms with E-state index in [-0.39, 0.29) is 5.91 Å². The number of carbonyl (C=O) groups excluding carboxylic acids is 2. The third-order valence-corrected chi connectivity index (χ3v) is 1.17. The molecule has 4 heteroatoms. The van der Waals surface area contributed by atoms with Gasteiger partial charge in [0.2, 0.25) is 5.91 Å². The minimum Gasteiger partial charge on any atom is -0.456 e. The molecule has 1 unspecified atom stereocenters. The van der Waals surface area contributed by atoms with Crippen molar-refractivity contribution in [1.29, 1.82) is 0 Å². The van der Waals surface area contributed by atoms with E-state index in [2.05, 4.69) is 11.9 Å². The van der Waals surface area contributed by atoms with Crippen molar-refractivity contribution < 1.29 is 14.3 Å². The van der Waals surface area contributed by atoms with Gasteiger partial charge in [-0.3, -0.25) is 9.59 Å². The molecule has 0 spiro atoms. The Balaban J connectivity index is 3.93. The molecular weight excluding hydrogens is 158 g/mol. The largest absolute Gasteiger partial charge is 0.456 e. The van der Waals surface area contributed by atoms with E-state index in [9.17, 15) is 9.59 Å². The Morgan fingerprint density at radius 1 is 1.42 bits per heavy atom. The summed E-state index contributed by atoms with van der Waals surface area (Å²) in [4.78, 5) is 21.0. The molecule has 0 aromatic heterocycles. The van der Waals surface area contributed by atoms with E-state index in [0.717, 1.165) is 0 Å². The topological polar surface area (TPSA) is 55.4 Å². The predicted molar refractivity (Wildman–Crippen MR) is 44.2 cm³/mol. The smallest absolute Gasteiger partial charge is 0.303 e. The predicted octanol–water partition coefficient (Wildman–Crippen LogP) is 0.588. The number of rotatable bonds is 3. The van der Waals surface area contributed by atoms with Crippen LogP contribution in [-0.2, 0) is 14.3 Å². The molecule has 0 aromatic rings. The molecule has 12 heavy (non-hydrogen) atoms. The van der Waals surface area contributed by atoms with Crippen LogP contribution in [0.1, 0.15) is 20.8 Å². The molecule has 1 N–H and O–H groups in total. The van der Waals surface area contributed by atoms with E-state index in [1.165, 1.54) is 13.8 Å². The zero-order valence-electron chi connectivity index (χ0n) is 7.51. The molecule has 0 fully saturated rings. The normalized spacial score (nSPS) is 11.6. The summed E-state index contributed by atoms with van der Waals surface area (Å²) in [6, 6.07) is 0. The molecule has 0 aliphatic carbocycles. The fourth-order valence-electron chi connectivity index (χ4n) is 0.648. The molecule has 0 aliphatic heterocycles. The first-order valence-electron chi connectivity index (χ1n) is 3.57. The summed E-state index contributed by atoms with van der Waals surface area (Å²) < 4.78 is 4.76. The van der Waals surface area contributed by atoms with Crippen molar-refractivity contribution in [2.24, 2.45) is 0 Å². The molecule has 0 aromatic carbocycles. The lowest BCUT2D eigenvalue weighted by Gasteiger charge is -2.14. The number of ether oxygens (including phenoxy) is 1. The van der Waals surface area contributed by atoms with Crippen molar-refractivity contribution >= 4 is 11.9 Å². The zero-order valence-corrected chi connectivity index (χ0v) is 7.51. The van der Waals surface area contributed by atoms with Gasteiger partial charge in [0.25, 0.3) is 0 Å². The first kappa shape index (κ1) is 10.7. The van der Waals surface area contributed by atoms with Crippen molar-refractivity contribution in [2.45, 2.75) is 26.9 Å². The van der Waals surface area contributed by atoms with Crippen LogP contribution in [0.15, 0.2) is 12.3 Å². The van der Waals surface area contributed by atoms with E-state index in [1.54, 1.807) is 6.92 Å². The molecule has 0 aliphatic rings. The van der Waals surface area contributed by atoms with Crippen LogP contribution in [0.3, 0.4) is 0 Å². The SMILES string of the molecule is C=C(NC(C)=O)C(C)OC(C)=O. The van der Waals surface area contributed by atoms with Crippen molar-refractivity contribution in [3.63, 3.8) is 0 Å². The van der Waals surface area contributed by atoms with Gasteiger partial charge in [0, 0.05) is 13.8 Å². The number of hydrogen-bond acceptors (Lipinski definition) is 3. The highest BCUT2D eigenvalue weighted by Crippen LogP contribution is 2.00. The van der Waals surface area contributed by atoms with Crippen LogP contribution in [0.25, 0.3) is 0 Å². The first-order valence-corrected chi connectivity index (χ1v) is 3.57. The molecule has 0 radical (unpaired) electrons. The summed E-state index contributed by atoms with van der Waals surface area (Å²) in [5.74, 6) is -0.618. The van der Waals surface area contributed by atoms with Crippen LogP contribution in [0.5, 0.6) is 0 Å². The minimum atomic E-state index is -0.480. The van der Waals surface area contributed by atoms with E-state index in [0.29, 0.717) is 5.70 Å². The van der Waals surface area contributed by atoms with E-state index in [1.807, 2.05) is 0 Å². The number of hydrogen-bond donors (Lipinski definition) is 1. The Morgan fingerprint density at radius 2 is 1.92 bits per heavy atom. The third kappa shape index (κ3) is 4.49. The van der Waals surface area contributed by atoms with Crippen LogP contribution in [-0.4, -0.2) is 18.0 Å². The van der Waals surface area contributed by atoms with Gasteiger partial charge < -0.3 is 10.1 Å². The average Bonchev–Trinajstić information content (AvgIpc) is 1.84. The molecule has 0 saturated carbocycles. The lowest BCUT2D eigenvalue weighted by Crippen LogP contribution is -2.28. The summed E-state index contributed by atoms with van der Waals surface area (Å²) in [5.41, 5.74) is 0.387. The van der Waals surface area contributed by atoms with Gasteiger partial charge in [0.05, 0.1) is 5.70 Å². The van der Waals surface area contributed by atoms with Crippen LogP contribution >= 0.6 is 0 Å². The van der Waals surface area contributed by atoms with Crippen molar-refractivity contribution in [1.82, 2.24) is 5.32 Å². The van der Waals surface area contributed by atoms with Gasteiger partial charge in [-0.15, -0.1) is 0 Å². The van der Waals surface area contributed by atoms with Gasteiger partial charge in [-0.2, -0.15) is 0 Å². The van der Waals surface area contributed by atoms with Crippen LogP contribution in [0.4, 0.5) is 0 Å². The van der Waals surface area contributed by atoms with Crippen LogP contribution < -0.4 is 5.32 Å². The molecule has 1 atom stereocenters. The quantitative estimate of drug-likeness (QED) is 0.632. The third-order valence-electron chi connectivity index (χ3n) is 1.17. The highest BCUT2D eigenvalue weighted by Gasteiger charge is 2.09. The Kier molecular flexibility index (Phi) is 4.04. The van der Waals surface area contributed by atoms with E-state index >= 15 is 0 Å². The maximum absolute atomic E-state index is 10.5. The number of esters is 1. The standard InChI is InChI=1S/C8H13NO3/c1-5(9-7(3)10)6(2)12-8(4)11/h6H,1H2,2-4H3,(H,9,10). The average molecular weight is 171 g/mol. The molecule has 0 saturated heterocycles. The van der Waals surface area contributed by atoms with E-state index in [4.69, 9.17) is 4.74 Å². The highest BCUT2D eigenvalue weighted by atomic mass is 16.5. The van der Waals surface area contributed by atoms with Gasteiger partial charge >= 0.3 is 5.97 Å². The van der Waals surface area contributed by atoms with Crippen molar-refractivity contribution in [3.05, 3.63) is 12.3 Å². The van der Waals surface area contributed by atoms with Crippen molar-refractivity contribution in [3.8, 4) is 0 Å². The van der Waals surface area contributed by atoms with Gasteiger partial charge in [0.1, 0.15) is 6.10 Å². The Bertz CT molecular complexity index is 210. The van der Waals surface area contributed by atoms with Crippen molar-refractivity contribution in [2.75, 3.05) is 0 Å². The second kappa shape index (κ2) is 4.54. The first-order chi connectivity index (χ1) is 5.43. The molecule has 1 amide bonds. The lowest BCUT2D eigenvalue weighted by atomic mass is 10.3. The van der Waals surface area contributed by atoms with Gasteiger partial charge in [-0.25, -0.2) is 0 Å². The van der Waals surface area contributed by atoms with E-state index < -0.39 is 12.1 Å². The monoisotopic (exact) mass is 171 g/mol. The molecular formula is C8H13NO3. The minimum absolute atomic E-state index is 0.223. The maximum atomic E-state index is 10.5. The summed E-state index contributed by atoms with van der Waals surface area (Å²) in [5, 5.41) is 2.44. The van der Waals surface area contributed by atoms with Gasteiger partial charge in [-0.05, 0) is 6.92 Å². The molecule has 0 rings (SSSR count). The summed E-state index contributed by atoms with van der Waals surface area (Å²) >= 11 is 0. The fourth-order valence-corrected chi connectivity index (χ4v) is 0.648. The molecule has 4 nitrogen and oxygen atoms in total. The number of amides is 1. The maximum Gasteiger partial charge on any atom is 0.303 e. The summed E-state index contributed by atoms with van der Waals surface area (Å²) in [6.45, 7) is 7.85. The second-order valence-corrected chi connectivity index (χ2v) is 2.46.